The molecule has 1 atom stereocenters. The topological polar surface area (TPSA) is 44.1 Å². The van der Waals surface area contributed by atoms with Crippen molar-refractivity contribution in [1.29, 1.82) is 5.26 Å². The van der Waals surface area contributed by atoms with Crippen LogP contribution in [0.1, 0.15) is 19.4 Å². The Labute approximate surface area is 111 Å². The lowest BCUT2D eigenvalue weighted by molar-refractivity contribution is -0.130. The van der Waals surface area contributed by atoms with E-state index in [4.69, 9.17) is 5.26 Å². The van der Waals surface area contributed by atoms with Crippen molar-refractivity contribution in [1.82, 2.24) is 4.90 Å². The third-order valence-corrected chi connectivity index (χ3v) is 2.84. The molecule has 5 heteroatoms. The van der Waals surface area contributed by atoms with E-state index in [0.29, 0.717) is 6.54 Å². The van der Waals surface area contributed by atoms with E-state index in [1.54, 1.807) is 13.8 Å². The number of hydrogen-bond donors (Lipinski definition) is 0. The molecule has 0 bridgehead atoms. The minimum atomic E-state index is -0.724. The number of hydrogen-bond acceptors (Lipinski definition) is 2. The van der Waals surface area contributed by atoms with Crippen molar-refractivity contribution in [3.05, 3.63) is 35.4 Å². The Balaban J connectivity index is 2.80. The molecule has 0 fully saturated rings. The molecule has 0 saturated heterocycles. The van der Waals surface area contributed by atoms with Crippen LogP contribution in [0.2, 0.25) is 0 Å². The predicted octanol–water partition coefficient (Wildman–Crippen LogP) is 2.52. The number of nitriles is 1. The molecule has 1 aromatic rings. The number of benzene rings is 1. The van der Waals surface area contributed by atoms with Gasteiger partial charge in [0.1, 0.15) is 11.6 Å². The zero-order valence-electron chi connectivity index (χ0n) is 11.0. The summed E-state index contributed by atoms with van der Waals surface area (Å²) in [6, 6.07) is 5.54. The van der Waals surface area contributed by atoms with Gasteiger partial charge in [-0.15, -0.1) is 0 Å². The van der Waals surface area contributed by atoms with Crippen molar-refractivity contribution in [2.45, 2.75) is 20.3 Å². The molecule has 19 heavy (non-hydrogen) atoms. The molecular formula is C14H16F2N2O. The summed E-state index contributed by atoms with van der Waals surface area (Å²) in [6.07, 6.45) is -0.329. The fourth-order valence-corrected chi connectivity index (χ4v) is 1.74. The Kier molecular flexibility index (Phi) is 5.43. The van der Waals surface area contributed by atoms with Gasteiger partial charge in [0, 0.05) is 18.7 Å². The molecule has 0 spiro atoms. The highest BCUT2D eigenvalue weighted by molar-refractivity contribution is 5.78. The Morgan fingerprint density at radius 2 is 2.00 bits per heavy atom. The van der Waals surface area contributed by atoms with Crippen molar-refractivity contribution in [2.24, 2.45) is 5.92 Å². The molecule has 0 aliphatic carbocycles. The summed E-state index contributed by atoms with van der Waals surface area (Å²) < 4.78 is 26.9. The van der Waals surface area contributed by atoms with Crippen LogP contribution in [-0.4, -0.2) is 23.9 Å². The average Bonchev–Trinajstić information content (AvgIpc) is 2.39. The van der Waals surface area contributed by atoms with Gasteiger partial charge in [0.05, 0.1) is 18.4 Å². The summed E-state index contributed by atoms with van der Waals surface area (Å²) >= 11 is 0. The molecule has 0 radical (unpaired) electrons. The summed E-state index contributed by atoms with van der Waals surface area (Å²) in [4.78, 5) is 13.4. The van der Waals surface area contributed by atoms with E-state index in [0.717, 1.165) is 12.1 Å². The highest BCUT2D eigenvalue weighted by Gasteiger charge is 2.18. The molecule has 1 amide bonds. The number of amides is 1. The Hall–Kier alpha value is -1.96. The Morgan fingerprint density at radius 3 is 2.47 bits per heavy atom. The van der Waals surface area contributed by atoms with Crippen LogP contribution in [0, 0.1) is 28.9 Å². The van der Waals surface area contributed by atoms with E-state index in [2.05, 4.69) is 0 Å². The van der Waals surface area contributed by atoms with Crippen LogP contribution in [0.25, 0.3) is 0 Å². The molecule has 102 valence electrons. The predicted molar refractivity (Wildman–Crippen MR) is 67.1 cm³/mol. The van der Waals surface area contributed by atoms with E-state index < -0.39 is 11.6 Å². The monoisotopic (exact) mass is 266 g/mol. The molecule has 1 aromatic carbocycles. The molecule has 0 saturated carbocycles. The van der Waals surface area contributed by atoms with Crippen LogP contribution < -0.4 is 0 Å². The zero-order valence-corrected chi connectivity index (χ0v) is 11.0. The first-order valence-electron chi connectivity index (χ1n) is 6.09. The van der Waals surface area contributed by atoms with Crippen LogP contribution in [-0.2, 0) is 11.2 Å². The second-order valence-electron chi connectivity index (χ2n) is 4.34. The first-order chi connectivity index (χ1) is 8.99. The van der Waals surface area contributed by atoms with Crippen molar-refractivity contribution in [3.63, 3.8) is 0 Å². The second-order valence-corrected chi connectivity index (χ2v) is 4.34. The van der Waals surface area contributed by atoms with E-state index >= 15 is 0 Å². The van der Waals surface area contributed by atoms with Crippen LogP contribution in [0.4, 0.5) is 8.78 Å². The summed E-state index contributed by atoms with van der Waals surface area (Å²) in [5.41, 5.74) is -0.226. The maximum atomic E-state index is 13.4. The average molecular weight is 266 g/mol. The van der Waals surface area contributed by atoms with Crippen LogP contribution in [0.3, 0.4) is 0 Å². The van der Waals surface area contributed by atoms with Crippen LogP contribution in [0.15, 0.2) is 18.2 Å². The van der Waals surface area contributed by atoms with Gasteiger partial charge in [-0.1, -0.05) is 6.07 Å². The molecule has 1 unspecified atom stereocenters. The standard InChI is InChI=1S/C14H16F2N2O/c1-3-18(9-10(2)8-17)14(19)7-11-12(15)5-4-6-13(11)16/h4-6,10H,3,7,9H2,1-2H3. The molecule has 3 nitrogen and oxygen atoms in total. The van der Waals surface area contributed by atoms with Crippen LogP contribution in [0.5, 0.6) is 0 Å². The molecule has 0 aliphatic heterocycles. The minimum absolute atomic E-state index is 0.226. The lowest BCUT2D eigenvalue weighted by atomic mass is 10.1. The normalized spacial score (nSPS) is 11.7. The highest BCUT2D eigenvalue weighted by Crippen LogP contribution is 2.14. The molecule has 1 rings (SSSR count). The van der Waals surface area contributed by atoms with E-state index in [-0.39, 0.29) is 30.4 Å². The second kappa shape index (κ2) is 6.83. The van der Waals surface area contributed by atoms with E-state index in [1.165, 1.54) is 11.0 Å². The summed E-state index contributed by atoms with van der Waals surface area (Å²) in [6.45, 7) is 4.13. The van der Waals surface area contributed by atoms with E-state index in [1.807, 2.05) is 6.07 Å². The maximum Gasteiger partial charge on any atom is 0.227 e. The maximum absolute atomic E-state index is 13.4. The Bertz CT molecular complexity index is 476. The molecule has 0 heterocycles. The first kappa shape index (κ1) is 15.1. The molecule has 0 aliphatic rings. The third kappa shape index (κ3) is 4.02. The number of carbonyl (C=O) groups is 1. The fourth-order valence-electron chi connectivity index (χ4n) is 1.74. The zero-order chi connectivity index (χ0) is 14.4. The lowest BCUT2D eigenvalue weighted by Gasteiger charge is -2.22. The van der Waals surface area contributed by atoms with Gasteiger partial charge in [-0.2, -0.15) is 5.26 Å². The number of halogens is 2. The van der Waals surface area contributed by atoms with Gasteiger partial charge in [0.15, 0.2) is 0 Å². The molecular weight excluding hydrogens is 250 g/mol. The lowest BCUT2D eigenvalue weighted by Crippen LogP contribution is -2.35. The minimum Gasteiger partial charge on any atom is -0.341 e. The van der Waals surface area contributed by atoms with Gasteiger partial charge >= 0.3 is 0 Å². The smallest absolute Gasteiger partial charge is 0.227 e. The largest absolute Gasteiger partial charge is 0.341 e. The van der Waals surface area contributed by atoms with Crippen molar-refractivity contribution in [3.8, 4) is 6.07 Å². The van der Waals surface area contributed by atoms with Crippen molar-refractivity contribution >= 4 is 5.91 Å². The SMILES string of the molecule is CCN(CC(C)C#N)C(=O)Cc1c(F)cccc1F. The van der Waals surface area contributed by atoms with Gasteiger partial charge in [-0.05, 0) is 26.0 Å². The van der Waals surface area contributed by atoms with Crippen molar-refractivity contribution in [2.75, 3.05) is 13.1 Å². The van der Waals surface area contributed by atoms with E-state index in [9.17, 15) is 13.6 Å². The quantitative estimate of drug-likeness (QED) is 0.822. The van der Waals surface area contributed by atoms with Gasteiger partial charge in [0.2, 0.25) is 5.91 Å². The number of carbonyl (C=O) groups excluding carboxylic acids is 1. The number of rotatable bonds is 5. The number of likely N-dealkylation sites (N-methyl/N-ethyl adjacent to an activating group) is 1. The summed E-state index contributed by atoms with van der Waals surface area (Å²) in [5.74, 6) is -2.14. The van der Waals surface area contributed by atoms with Gasteiger partial charge in [0.25, 0.3) is 0 Å². The van der Waals surface area contributed by atoms with Gasteiger partial charge in [-0.3, -0.25) is 4.79 Å². The summed E-state index contributed by atoms with van der Waals surface area (Å²) in [5, 5.41) is 8.73. The van der Waals surface area contributed by atoms with Gasteiger partial charge in [-0.25, -0.2) is 8.78 Å². The van der Waals surface area contributed by atoms with Crippen molar-refractivity contribution < 1.29 is 13.6 Å². The summed E-state index contributed by atoms with van der Waals surface area (Å²) in [7, 11) is 0. The first-order valence-corrected chi connectivity index (χ1v) is 6.09. The fraction of sp³-hybridized carbons (Fsp3) is 0.429. The molecule has 0 aromatic heterocycles. The number of nitrogens with zero attached hydrogens (tertiary/aromatic N) is 2. The molecule has 0 N–H and O–H groups in total. The van der Waals surface area contributed by atoms with Crippen LogP contribution >= 0.6 is 0 Å². The highest BCUT2D eigenvalue weighted by atomic mass is 19.1. The Morgan fingerprint density at radius 1 is 1.42 bits per heavy atom. The van der Waals surface area contributed by atoms with Gasteiger partial charge < -0.3 is 4.90 Å². The third-order valence-electron chi connectivity index (χ3n) is 2.84.